The predicted molar refractivity (Wildman–Crippen MR) is 164 cm³/mol. The number of hydrogen-bond donors (Lipinski definition) is 0. The number of thiazole rings is 1. The van der Waals surface area contributed by atoms with Gasteiger partial charge in [0.2, 0.25) is 0 Å². The second-order valence-electron chi connectivity index (χ2n) is 14.3. The van der Waals surface area contributed by atoms with E-state index < -0.39 is 0 Å². The van der Waals surface area contributed by atoms with Gasteiger partial charge in [0.15, 0.2) is 5.13 Å². The van der Waals surface area contributed by atoms with Crippen LogP contribution in [0.4, 0.5) is 10.8 Å². The summed E-state index contributed by atoms with van der Waals surface area (Å²) >= 11 is 1.94. The largest absolute Gasteiger partial charge is 0.321 e. The molecule has 0 amide bonds. The van der Waals surface area contributed by atoms with Crippen molar-refractivity contribution in [2.75, 3.05) is 11.9 Å². The van der Waals surface area contributed by atoms with Crippen LogP contribution >= 0.6 is 11.3 Å². The molecule has 2 nitrogen and oxygen atoms in total. The quantitative estimate of drug-likeness (QED) is 0.354. The SMILES string of the molecule is CC(C)CCCC(C)C1CCC2C3CC=C4c5sc(N(C)c6ccccc6)nc5CCC4(C)C3CC[C@]12C. The summed E-state index contributed by atoms with van der Waals surface area (Å²) in [5.41, 5.74) is 5.13. The van der Waals surface area contributed by atoms with Crippen molar-refractivity contribution >= 4 is 27.7 Å². The summed E-state index contributed by atoms with van der Waals surface area (Å²) in [6.45, 7) is 12.7. The Kier molecular flexibility index (Phi) is 7.07. The van der Waals surface area contributed by atoms with E-state index in [-0.39, 0.29) is 0 Å². The molecule has 6 rings (SSSR count). The monoisotopic (exact) mass is 530 g/mol. The molecule has 0 spiro atoms. The Balaban J connectivity index is 1.23. The van der Waals surface area contributed by atoms with Gasteiger partial charge in [-0.15, -0.1) is 0 Å². The maximum atomic E-state index is 5.19. The number of nitrogens with zero attached hydrogens (tertiary/aromatic N) is 2. The van der Waals surface area contributed by atoms with Crippen molar-refractivity contribution in [2.24, 2.45) is 46.3 Å². The minimum atomic E-state index is 0.327. The molecule has 3 heteroatoms. The van der Waals surface area contributed by atoms with E-state index >= 15 is 0 Å². The molecular weight excluding hydrogens is 480 g/mol. The standard InChI is InChI=1S/C35H50N2S/c1-23(2)11-10-12-24(3)27-17-18-28-26-15-16-30-32-31(20-22-35(30,5)29(26)19-21-34(27,28)4)36-33(38-32)37(6)25-13-8-7-9-14-25/h7-9,13-14,16,23-24,26-29H,10-12,15,17-22H2,1-6H3/t24?,26?,27?,28?,29?,34-,35?/m1/s1. The molecule has 1 aromatic heterocycles. The summed E-state index contributed by atoms with van der Waals surface area (Å²) in [6.07, 6.45) is 16.5. The average Bonchev–Trinajstić information content (AvgIpc) is 3.49. The molecule has 1 heterocycles. The third-order valence-corrected chi connectivity index (χ3v) is 13.1. The van der Waals surface area contributed by atoms with Crippen LogP contribution in [-0.4, -0.2) is 12.0 Å². The number of anilines is 2. The van der Waals surface area contributed by atoms with Crippen molar-refractivity contribution in [1.29, 1.82) is 0 Å². The van der Waals surface area contributed by atoms with E-state index in [1.54, 1.807) is 5.57 Å². The number of aromatic nitrogens is 1. The summed E-state index contributed by atoms with van der Waals surface area (Å²) in [5, 5.41) is 1.15. The van der Waals surface area contributed by atoms with E-state index in [0.29, 0.717) is 10.8 Å². The number of hydrogen-bond acceptors (Lipinski definition) is 3. The lowest BCUT2D eigenvalue weighted by Gasteiger charge is -2.57. The minimum Gasteiger partial charge on any atom is -0.321 e. The second kappa shape index (κ2) is 10.1. The lowest BCUT2D eigenvalue weighted by Crippen LogP contribution is -2.49. The zero-order valence-corrected chi connectivity index (χ0v) is 25.6. The van der Waals surface area contributed by atoms with E-state index in [0.717, 1.165) is 47.1 Å². The lowest BCUT2D eigenvalue weighted by molar-refractivity contribution is -0.0392. The van der Waals surface area contributed by atoms with Crippen molar-refractivity contribution in [3.8, 4) is 0 Å². The Morgan fingerprint density at radius 3 is 2.55 bits per heavy atom. The molecule has 0 saturated heterocycles. The zero-order chi connectivity index (χ0) is 26.7. The maximum absolute atomic E-state index is 5.19. The number of fused-ring (bicyclic) bond motifs is 7. The molecule has 4 aliphatic carbocycles. The summed E-state index contributed by atoms with van der Waals surface area (Å²) in [6, 6.07) is 10.7. The minimum absolute atomic E-state index is 0.327. The second-order valence-corrected chi connectivity index (χ2v) is 15.3. The van der Waals surface area contributed by atoms with Crippen LogP contribution in [0.2, 0.25) is 0 Å². The number of rotatable bonds is 7. The van der Waals surface area contributed by atoms with Crippen LogP contribution in [0.25, 0.3) is 5.57 Å². The fourth-order valence-electron chi connectivity index (χ4n) is 9.79. The fraction of sp³-hybridized carbons (Fsp3) is 0.686. The Hall–Kier alpha value is -1.61. The van der Waals surface area contributed by atoms with Crippen molar-refractivity contribution in [3.63, 3.8) is 0 Å². The first-order valence-electron chi connectivity index (χ1n) is 15.7. The van der Waals surface area contributed by atoms with Crippen LogP contribution in [0.15, 0.2) is 36.4 Å². The van der Waals surface area contributed by atoms with Crippen LogP contribution in [0.3, 0.4) is 0 Å². The van der Waals surface area contributed by atoms with Crippen LogP contribution in [0.1, 0.15) is 103 Å². The van der Waals surface area contributed by atoms with Gasteiger partial charge in [0, 0.05) is 12.7 Å². The molecule has 0 aliphatic heterocycles. The molecule has 2 saturated carbocycles. The van der Waals surface area contributed by atoms with Crippen LogP contribution in [0, 0.1) is 46.3 Å². The topological polar surface area (TPSA) is 16.1 Å². The summed E-state index contributed by atoms with van der Waals surface area (Å²) in [5.74, 6) is 5.33. The molecule has 0 N–H and O–H groups in total. The van der Waals surface area contributed by atoms with E-state index in [2.05, 4.69) is 83.0 Å². The number of benzene rings is 1. The zero-order valence-electron chi connectivity index (χ0n) is 24.8. The van der Waals surface area contributed by atoms with Crippen LogP contribution in [-0.2, 0) is 6.42 Å². The van der Waals surface area contributed by atoms with E-state index in [4.69, 9.17) is 4.98 Å². The van der Waals surface area contributed by atoms with Gasteiger partial charge in [-0.1, -0.05) is 89.5 Å². The third kappa shape index (κ3) is 4.30. The van der Waals surface area contributed by atoms with Crippen molar-refractivity contribution in [3.05, 3.63) is 47.0 Å². The van der Waals surface area contributed by atoms with Gasteiger partial charge in [0.25, 0.3) is 0 Å². The Morgan fingerprint density at radius 1 is 1.00 bits per heavy atom. The summed E-state index contributed by atoms with van der Waals surface area (Å²) in [4.78, 5) is 8.97. The van der Waals surface area contributed by atoms with Crippen LogP contribution < -0.4 is 4.90 Å². The highest BCUT2D eigenvalue weighted by Gasteiger charge is 2.59. The van der Waals surface area contributed by atoms with Gasteiger partial charge in [-0.25, -0.2) is 4.98 Å². The maximum Gasteiger partial charge on any atom is 0.190 e. The van der Waals surface area contributed by atoms with Gasteiger partial charge in [-0.3, -0.25) is 0 Å². The highest BCUT2D eigenvalue weighted by atomic mass is 32.1. The molecule has 6 unspecified atom stereocenters. The van der Waals surface area contributed by atoms with Crippen LogP contribution in [0.5, 0.6) is 0 Å². The molecule has 1 aromatic carbocycles. The third-order valence-electron chi connectivity index (χ3n) is 11.9. The summed E-state index contributed by atoms with van der Waals surface area (Å²) < 4.78 is 0. The first-order chi connectivity index (χ1) is 18.2. The Bertz CT molecular complexity index is 1160. The molecule has 4 aliphatic rings. The van der Waals surface area contributed by atoms with Gasteiger partial charge in [0.05, 0.1) is 10.6 Å². The molecule has 38 heavy (non-hydrogen) atoms. The van der Waals surface area contributed by atoms with Gasteiger partial charge in [-0.05, 0) is 109 Å². The molecular formula is C35H50N2S. The highest BCUT2D eigenvalue weighted by molar-refractivity contribution is 7.16. The van der Waals surface area contributed by atoms with Gasteiger partial charge in [-0.2, -0.15) is 0 Å². The predicted octanol–water partition coefficient (Wildman–Crippen LogP) is 10.2. The van der Waals surface area contributed by atoms with Crippen molar-refractivity contribution < 1.29 is 0 Å². The normalized spacial score (nSPS) is 34.7. The number of allylic oxidation sites excluding steroid dienone is 2. The highest BCUT2D eigenvalue weighted by Crippen LogP contribution is 2.68. The summed E-state index contributed by atoms with van der Waals surface area (Å²) in [7, 11) is 2.17. The Labute approximate surface area is 236 Å². The lowest BCUT2D eigenvalue weighted by atomic mass is 9.47. The molecule has 0 radical (unpaired) electrons. The van der Waals surface area contributed by atoms with E-state index in [1.807, 2.05) is 11.3 Å². The molecule has 2 fully saturated rings. The number of para-hydroxylation sites is 1. The van der Waals surface area contributed by atoms with E-state index in [9.17, 15) is 0 Å². The van der Waals surface area contributed by atoms with Crippen molar-refractivity contribution in [1.82, 2.24) is 4.98 Å². The smallest absolute Gasteiger partial charge is 0.190 e. The Morgan fingerprint density at radius 2 is 1.79 bits per heavy atom. The average molecular weight is 531 g/mol. The first kappa shape index (κ1) is 26.6. The van der Waals surface area contributed by atoms with Crippen molar-refractivity contribution in [2.45, 2.75) is 98.8 Å². The molecule has 7 atom stereocenters. The molecule has 2 aromatic rings. The molecule has 206 valence electrons. The van der Waals surface area contributed by atoms with E-state index in [1.165, 1.54) is 74.0 Å². The number of aryl methyl sites for hydroxylation is 1. The van der Waals surface area contributed by atoms with Gasteiger partial charge >= 0.3 is 0 Å². The van der Waals surface area contributed by atoms with Gasteiger partial charge < -0.3 is 4.90 Å². The van der Waals surface area contributed by atoms with Gasteiger partial charge in [0.1, 0.15) is 0 Å². The molecule has 0 bridgehead atoms. The fourth-order valence-corrected chi connectivity index (χ4v) is 11.1. The first-order valence-corrected chi connectivity index (χ1v) is 16.5.